The first-order valence-electron chi connectivity index (χ1n) is 6.72. The number of methoxy groups -OCH3 is 1. The van der Waals surface area contributed by atoms with Crippen LogP contribution in [0.1, 0.15) is 22.9 Å². The average molecular weight is 312 g/mol. The highest BCUT2D eigenvalue weighted by Gasteiger charge is 2.23. The van der Waals surface area contributed by atoms with Crippen molar-refractivity contribution < 1.29 is 9.13 Å². The number of hydrogen-bond acceptors (Lipinski definition) is 3. The topological polar surface area (TPSA) is 39.1 Å². The number of hydrogen-bond donors (Lipinski definition) is 1. The van der Waals surface area contributed by atoms with E-state index in [1.807, 2.05) is 6.07 Å². The van der Waals surface area contributed by atoms with E-state index in [0.29, 0.717) is 29.3 Å². The Balaban J connectivity index is 2.46. The van der Waals surface area contributed by atoms with Crippen LogP contribution in [0.25, 0.3) is 0 Å². The Kier molecular flexibility index (Phi) is 5.33. The molecule has 4 nitrogen and oxygen atoms in total. The van der Waals surface area contributed by atoms with Crippen molar-refractivity contribution in [1.29, 1.82) is 0 Å². The summed E-state index contributed by atoms with van der Waals surface area (Å²) in [6.45, 7) is 2.82. The van der Waals surface area contributed by atoms with Gasteiger partial charge in [-0.05, 0) is 19.5 Å². The standard InChI is InChI=1S/C15H19ClFN3O/c1-10-5-4-6-11(13(10)17)14(18-2)15-12(16)9-19-20(15)7-8-21-3/h4-6,9,14,18H,7-8H2,1-3H3. The van der Waals surface area contributed by atoms with Gasteiger partial charge in [0.15, 0.2) is 0 Å². The minimum atomic E-state index is -0.364. The molecule has 2 aromatic rings. The monoisotopic (exact) mass is 311 g/mol. The third-order valence-electron chi connectivity index (χ3n) is 3.44. The maximum atomic E-state index is 14.4. The van der Waals surface area contributed by atoms with Crippen LogP contribution in [0.3, 0.4) is 0 Å². The van der Waals surface area contributed by atoms with Gasteiger partial charge in [-0.1, -0.05) is 29.8 Å². The van der Waals surface area contributed by atoms with E-state index in [9.17, 15) is 4.39 Å². The number of aryl methyl sites for hydroxylation is 1. The van der Waals surface area contributed by atoms with Crippen LogP contribution in [0.5, 0.6) is 0 Å². The molecule has 1 N–H and O–H groups in total. The van der Waals surface area contributed by atoms with Crippen LogP contribution in [0.15, 0.2) is 24.4 Å². The van der Waals surface area contributed by atoms with E-state index >= 15 is 0 Å². The highest BCUT2D eigenvalue weighted by atomic mass is 35.5. The molecule has 0 amide bonds. The number of ether oxygens (including phenoxy) is 1. The van der Waals surface area contributed by atoms with Gasteiger partial charge in [0, 0.05) is 12.7 Å². The number of halogens is 2. The van der Waals surface area contributed by atoms with E-state index in [1.165, 1.54) is 0 Å². The fraction of sp³-hybridized carbons (Fsp3) is 0.400. The van der Waals surface area contributed by atoms with Crippen LogP contribution in [0.4, 0.5) is 4.39 Å². The lowest BCUT2D eigenvalue weighted by Crippen LogP contribution is -2.24. The minimum absolute atomic E-state index is 0.229. The maximum absolute atomic E-state index is 14.4. The Hall–Kier alpha value is -1.43. The van der Waals surface area contributed by atoms with E-state index in [-0.39, 0.29) is 11.9 Å². The van der Waals surface area contributed by atoms with Gasteiger partial charge in [-0.3, -0.25) is 4.68 Å². The van der Waals surface area contributed by atoms with Crippen molar-refractivity contribution in [3.63, 3.8) is 0 Å². The summed E-state index contributed by atoms with van der Waals surface area (Å²) in [4.78, 5) is 0. The Bertz CT molecular complexity index is 615. The van der Waals surface area contributed by atoms with Crippen molar-refractivity contribution in [3.8, 4) is 0 Å². The Morgan fingerprint density at radius 3 is 2.90 bits per heavy atom. The summed E-state index contributed by atoms with van der Waals surface area (Å²) in [5.74, 6) is -0.229. The molecule has 6 heteroatoms. The normalized spacial score (nSPS) is 12.6. The second-order valence-corrected chi connectivity index (χ2v) is 5.20. The van der Waals surface area contributed by atoms with Crippen LogP contribution in [0.2, 0.25) is 5.02 Å². The molecule has 1 unspecified atom stereocenters. The molecular weight excluding hydrogens is 293 g/mol. The molecular formula is C15H19ClFN3O. The number of nitrogens with zero attached hydrogens (tertiary/aromatic N) is 2. The lowest BCUT2D eigenvalue weighted by atomic mass is 10.0. The van der Waals surface area contributed by atoms with Gasteiger partial charge in [-0.25, -0.2) is 4.39 Å². The van der Waals surface area contributed by atoms with Gasteiger partial charge in [0.2, 0.25) is 0 Å². The third-order valence-corrected chi connectivity index (χ3v) is 3.73. The largest absolute Gasteiger partial charge is 0.383 e. The quantitative estimate of drug-likeness (QED) is 0.891. The van der Waals surface area contributed by atoms with Crippen LogP contribution in [-0.2, 0) is 11.3 Å². The fourth-order valence-electron chi connectivity index (χ4n) is 2.35. The maximum Gasteiger partial charge on any atom is 0.131 e. The molecule has 0 bridgehead atoms. The molecule has 1 aromatic heterocycles. The molecule has 21 heavy (non-hydrogen) atoms. The van der Waals surface area contributed by atoms with E-state index in [2.05, 4.69) is 10.4 Å². The summed E-state index contributed by atoms with van der Waals surface area (Å²) in [6.07, 6.45) is 1.57. The Morgan fingerprint density at radius 1 is 1.48 bits per heavy atom. The van der Waals surface area contributed by atoms with Crippen molar-refractivity contribution in [2.45, 2.75) is 19.5 Å². The fourth-order valence-corrected chi connectivity index (χ4v) is 2.60. The highest BCUT2D eigenvalue weighted by molar-refractivity contribution is 6.31. The molecule has 0 saturated carbocycles. The number of aromatic nitrogens is 2. The Morgan fingerprint density at radius 2 is 2.24 bits per heavy atom. The molecule has 1 aromatic carbocycles. The highest BCUT2D eigenvalue weighted by Crippen LogP contribution is 2.30. The first-order chi connectivity index (χ1) is 10.1. The molecule has 0 fully saturated rings. The summed E-state index contributed by atoms with van der Waals surface area (Å²) < 4.78 is 21.2. The van der Waals surface area contributed by atoms with Crippen LogP contribution in [-0.4, -0.2) is 30.5 Å². The second kappa shape index (κ2) is 7.02. The van der Waals surface area contributed by atoms with E-state index in [1.54, 1.807) is 44.1 Å². The van der Waals surface area contributed by atoms with Crippen LogP contribution < -0.4 is 5.32 Å². The van der Waals surface area contributed by atoms with Gasteiger partial charge < -0.3 is 10.1 Å². The van der Waals surface area contributed by atoms with Crippen molar-refractivity contribution in [2.75, 3.05) is 20.8 Å². The van der Waals surface area contributed by atoms with Gasteiger partial charge in [-0.15, -0.1) is 0 Å². The molecule has 2 rings (SSSR count). The van der Waals surface area contributed by atoms with Gasteiger partial charge in [-0.2, -0.15) is 5.10 Å². The molecule has 0 spiro atoms. The van der Waals surface area contributed by atoms with Crippen molar-refractivity contribution in [3.05, 3.63) is 52.1 Å². The van der Waals surface area contributed by atoms with Crippen LogP contribution >= 0.6 is 11.6 Å². The van der Waals surface area contributed by atoms with Crippen molar-refractivity contribution in [2.24, 2.45) is 0 Å². The average Bonchev–Trinajstić information content (AvgIpc) is 2.83. The third kappa shape index (κ3) is 3.26. The predicted molar refractivity (Wildman–Crippen MR) is 81.2 cm³/mol. The zero-order valence-corrected chi connectivity index (χ0v) is 13.1. The van der Waals surface area contributed by atoms with Gasteiger partial charge in [0.05, 0.1) is 36.1 Å². The molecule has 0 aliphatic rings. The van der Waals surface area contributed by atoms with E-state index in [0.717, 1.165) is 5.69 Å². The van der Waals surface area contributed by atoms with E-state index < -0.39 is 0 Å². The summed E-state index contributed by atoms with van der Waals surface area (Å²) in [5, 5.41) is 7.87. The van der Waals surface area contributed by atoms with Crippen molar-refractivity contribution in [1.82, 2.24) is 15.1 Å². The molecule has 0 aliphatic carbocycles. The first kappa shape index (κ1) is 15.9. The summed E-state index contributed by atoms with van der Waals surface area (Å²) in [7, 11) is 3.40. The van der Waals surface area contributed by atoms with Gasteiger partial charge in [0.1, 0.15) is 5.82 Å². The molecule has 0 aliphatic heterocycles. The smallest absolute Gasteiger partial charge is 0.131 e. The number of benzene rings is 1. The summed E-state index contributed by atoms with van der Waals surface area (Å²) in [5.41, 5.74) is 1.89. The summed E-state index contributed by atoms with van der Waals surface area (Å²) in [6, 6.07) is 4.97. The number of rotatable bonds is 6. The molecule has 114 valence electrons. The molecule has 1 atom stereocenters. The lowest BCUT2D eigenvalue weighted by molar-refractivity contribution is 0.182. The van der Waals surface area contributed by atoms with E-state index in [4.69, 9.17) is 16.3 Å². The van der Waals surface area contributed by atoms with Crippen LogP contribution in [0, 0.1) is 12.7 Å². The van der Waals surface area contributed by atoms with Gasteiger partial charge in [0.25, 0.3) is 0 Å². The zero-order chi connectivity index (χ0) is 15.4. The predicted octanol–water partition coefficient (Wildman–Crippen LogP) is 2.94. The Labute approximate surface area is 128 Å². The minimum Gasteiger partial charge on any atom is -0.383 e. The zero-order valence-electron chi connectivity index (χ0n) is 12.4. The van der Waals surface area contributed by atoms with Crippen molar-refractivity contribution >= 4 is 11.6 Å². The molecule has 0 radical (unpaired) electrons. The molecule has 0 saturated heterocycles. The SMILES string of the molecule is CNC(c1cccc(C)c1F)c1c(Cl)cnn1CCOC. The first-order valence-corrected chi connectivity index (χ1v) is 7.10. The summed E-state index contributed by atoms with van der Waals surface area (Å²) >= 11 is 6.25. The molecule has 1 heterocycles. The second-order valence-electron chi connectivity index (χ2n) is 4.79. The number of nitrogens with one attached hydrogen (secondary N) is 1. The lowest BCUT2D eigenvalue weighted by Gasteiger charge is -2.20. The van der Waals surface area contributed by atoms with Gasteiger partial charge >= 0.3 is 0 Å².